The van der Waals surface area contributed by atoms with Gasteiger partial charge in [0.1, 0.15) is 46.3 Å². The van der Waals surface area contributed by atoms with Gasteiger partial charge in [-0.25, -0.2) is 9.37 Å². The highest BCUT2D eigenvalue weighted by Gasteiger charge is 2.45. The number of carbonyl (C=O) groups excluding carboxylic acids is 2. The van der Waals surface area contributed by atoms with Gasteiger partial charge in [0.2, 0.25) is 5.91 Å². The summed E-state index contributed by atoms with van der Waals surface area (Å²) in [5, 5.41) is 19.1. The number of ketones is 1. The number of H-pyrrole nitrogens is 1. The molecular weight excluding hydrogens is 491 g/mol. The Hall–Kier alpha value is -4.31. The summed E-state index contributed by atoms with van der Waals surface area (Å²) in [6.45, 7) is 3.22. The van der Waals surface area contributed by atoms with E-state index in [4.69, 9.17) is 15.2 Å². The molecule has 2 aromatic carbocycles. The van der Waals surface area contributed by atoms with Crippen molar-refractivity contribution in [2.45, 2.75) is 37.7 Å². The van der Waals surface area contributed by atoms with Crippen LogP contribution in [0.2, 0.25) is 0 Å². The maximum absolute atomic E-state index is 13.6. The van der Waals surface area contributed by atoms with Crippen molar-refractivity contribution in [3.05, 3.63) is 71.3 Å². The van der Waals surface area contributed by atoms with E-state index in [9.17, 15) is 19.1 Å². The highest BCUT2D eigenvalue weighted by atomic mass is 19.1. The molecule has 5 rings (SSSR count). The number of aromatic amines is 1. The third-order valence-corrected chi connectivity index (χ3v) is 7.16. The molecule has 0 spiro atoms. The average Bonchev–Trinajstić information content (AvgIpc) is 3.49. The number of nitrogens with one attached hydrogen (secondary N) is 1. The summed E-state index contributed by atoms with van der Waals surface area (Å²) < 4.78 is 24.7. The van der Waals surface area contributed by atoms with Crippen LogP contribution in [0.4, 0.5) is 4.39 Å². The van der Waals surface area contributed by atoms with E-state index >= 15 is 0 Å². The summed E-state index contributed by atoms with van der Waals surface area (Å²) in [5.41, 5.74) is 5.54. The molecule has 0 fully saturated rings. The van der Waals surface area contributed by atoms with Crippen LogP contribution in [0.15, 0.2) is 48.5 Å². The molecule has 196 valence electrons. The topological polar surface area (TPSA) is 140 Å². The molecule has 38 heavy (non-hydrogen) atoms. The van der Waals surface area contributed by atoms with Gasteiger partial charge in [0.15, 0.2) is 5.78 Å². The van der Waals surface area contributed by atoms with Gasteiger partial charge in [0.05, 0.1) is 18.3 Å². The third kappa shape index (κ3) is 4.26. The van der Waals surface area contributed by atoms with Gasteiger partial charge in [0, 0.05) is 29.0 Å². The van der Waals surface area contributed by atoms with E-state index in [1.54, 1.807) is 57.4 Å². The lowest BCUT2D eigenvalue weighted by atomic mass is 9.81. The lowest BCUT2D eigenvalue weighted by molar-refractivity contribution is -0.123. The van der Waals surface area contributed by atoms with E-state index in [2.05, 4.69) is 15.2 Å². The summed E-state index contributed by atoms with van der Waals surface area (Å²) in [7, 11) is 1.55. The van der Waals surface area contributed by atoms with Crippen molar-refractivity contribution in [2.24, 2.45) is 5.73 Å². The smallest absolute Gasteiger partial charge is 0.231 e. The van der Waals surface area contributed by atoms with E-state index in [1.807, 2.05) is 0 Å². The number of nitrogens with zero attached hydrogens (tertiary/aromatic N) is 2. The van der Waals surface area contributed by atoms with Gasteiger partial charge in [-0.15, -0.1) is 0 Å². The molecular formula is C28H27FN4O5. The maximum Gasteiger partial charge on any atom is 0.231 e. The summed E-state index contributed by atoms with van der Waals surface area (Å²) in [6, 6.07) is 12.5. The molecule has 0 saturated heterocycles. The summed E-state index contributed by atoms with van der Waals surface area (Å²) in [6.07, 6.45) is 0.00629. The number of carbonyl (C=O) groups is 2. The Morgan fingerprint density at radius 1 is 1.24 bits per heavy atom. The number of methoxy groups -OCH3 is 1. The standard InChI is InChI=1S/C28H27FN4O5/c1-27(26(30)35)14-38-25-19(27)13-22(31-23(25)15-4-6-16(29)7-5-15)28(2,36)11-10-21(34)24-18-9-8-17(37-3)12-20(18)32-33-24/h4-9,12-13,36H,10-11,14H2,1-3H3,(H2,30,35)(H,32,33)/t27-,28-/m0/s1. The van der Waals surface area contributed by atoms with Crippen LogP contribution in [0.3, 0.4) is 0 Å². The molecule has 9 nitrogen and oxygen atoms in total. The molecule has 0 radical (unpaired) electrons. The number of nitrogens with two attached hydrogens (primary N) is 1. The normalized spacial score (nSPS) is 18.0. The monoisotopic (exact) mass is 518 g/mol. The van der Waals surface area contributed by atoms with Gasteiger partial charge in [-0.1, -0.05) is 0 Å². The number of ether oxygens (including phenoxy) is 2. The fourth-order valence-corrected chi connectivity index (χ4v) is 4.61. The highest BCUT2D eigenvalue weighted by molar-refractivity contribution is 6.06. The van der Waals surface area contributed by atoms with Crippen LogP contribution >= 0.6 is 0 Å². The number of aliphatic hydroxyl groups is 1. The Labute approximate surface area is 217 Å². The largest absolute Gasteiger partial charge is 0.497 e. The SMILES string of the molecule is COc1ccc2c(C(=O)CC[C@](C)(O)c3cc4c(c(-c5ccc(F)cc5)n3)OC[C@]4(C)C(N)=O)n[nH]c2c1. The van der Waals surface area contributed by atoms with E-state index in [0.717, 1.165) is 0 Å². The molecule has 3 heterocycles. The van der Waals surface area contributed by atoms with E-state index in [0.29, 0.717) is 39.2 Å². The van der Waals surface area contributed by atoms with Crippen molar-refractivity contribution in [2.75, 3.05) is 13.7 Å². The quantitative estimate of drug-likeness (QED) is 0.302. The van der Waals surface area contributed by atoms with Gasteiger partial charge >= 0.3 is 0 Å². The molecule has 10 heteroatoms. The number of amides is 1. The zero-order valence-corrected chi connectivity index (χ0v) is 21.2. The molecule has 4 aromatic rings. The van der Waals surface area contributed by atoms with Crippen molar-refractivity contribution < 1.29 is 28.6 Å². The number of halogens is 1. The Kier molecular flexibility index (Phi) is 6.15. The van der Waals surface area contributed by atoms with E-state index in [-0.39, 0.29) is 36.6 Å². The molecule has 1 aliphatic heterocycles. The summed E-state index contributed by atoms with van der Waals surface area (Å²) >= 11 is 0. The second-order valence-electron chi connectivity index (χ2n) is 9.91. The van der Waals surface area contributed by atoms with Gasteiger partial charge < -0.3 is 20.3 Å². The molecule has 0 bridgehead atoms. The number of Topliss-reactive ketones (excluding diaryl/α,β-unsaturated/α-hetero) is 1. The Bertz CT molecular complexity index is 1560. The number of benzene rings is 2. The Morgan fingerprint density at radius 2 is 1.97 bits per heavy atom. The summed E-state index contributed by atoms with van der Waals surface area (Å²) in [4.78, 5) is 30.1. The van der Waals surface area contributed by atoms with Crippen LogP contribution in [0, 0.1) is 5.82 Å². The van der Waals surface area contributed by atoms with E-state index in [1.165, 1.54) is 12.1 Å². The average molecular weight is 519 g/mol. The van der Waals surface area contributed by atoms with Crippen LogP contribution < -0.4 is 15.2 Å². The molecule has 0 aliphatic carbocycles. The second kappa shape index (κ2) is 9.21. The van der Waals surface area contributed by atoms with Crippen molar-refractivity contribution in [1.29, 1.82) is 0 Å². The molecule has 1 amide bonds. The van der Waals surface area contributed by atoms with Crippen LogP contribution in [-0.4, -0.2) is 45.7 Å². The van der Waals surface area contributed by atoms with Crippen LogP contribution in [0.5, 0.6) is 11.5 Å². The predicted octanol–water partition coefficient (Wildman–Crippen LogP) is 3.78. The fourth-order valence-electron chi connectivity index (χ4n) is 4.61. The maximum atomic E-state index is 13.6. The zero-order valence-electron chi connectivity index (χ0n) is 21.2. The first kappa shape index (κ1) is 25.3. The van der Waals surface area contributed by atoms with Crippen molar-refractivity contribution in [3.63, 3.8) is 0 Å². The fraction of sp³-hybridized carbons (Fsp3) is 0.286. The predicted molar refractivity (Wildman–Crippen MR) is 137 cm³/mol. The minimum Gasteiger partial charge on any atom is -0.497 e. The van der Waals surface area contributed by atoms with Gasteiger partial charge in [-0.05, 0) is 62.7 Å². The third-order valence-electron chi connectivity index (χ3n) is 7.16. The molecule has 2 atom stereocenters. The molecule has 0 saturated carbocycles. The van der Waals surface area contributed by atoms with E-state index < -0.39 is 22.7 Å². The number of rotatable bonds is 8. The zero-order chi connectivity index (χ0) is 27.2. The molecule has 1 aliphatic rings. The van der Waals surface area contributed by atoms with Gasteiger partial charge in [-0.3, -0.25) is 14.7 Å². The van der Waals surface area contributed by atoms with Crippen LogP contribution in [0.1, 0.15) is 48.4 Å². The Morgan fingerprint density at radius 3 is 2.66 bits per heavy atom. The first-order valence-corrected chi connectivity index (χ1v) is 12.1. The number of pyridine rings is 1. The minimum absolute atomic E-state index is 0.00857. The molecule has 4 N–H and O–H groups in total. The second-order valence-corrected chi connectivity index (χ2v) is 9.91. The van der Waals surface area contributed by atoms with Gasteiger partial charge in [0.25, 0.3) is 0 Å². The minimum atomic E-state index is -1.56. The van der Waals surface area contributed by atoms with Gasteiger partial charge in [-0.2, -0.15) is 5.10 Å². The lowest BCUT2D eigenvalue weighted by Crippen LogP contribution is -2.40. The summed E-state index contributed by atoms with van der Waals surface area (Å²) in [5.74, 6) is -0.275. The van der Waals surface area contributed by atoms with Crippen molar-refractivity contribution >= 4 is 22.6 Å². The first-order chi connectivity index (χ1) is 18.0. The Balaban J connectivity index is 1.49. The number of hydrogen-bond donors (Lipinski definition) is 3. The molecule has 0 unspecified atom stereocenters. The highest BCUT2D eigenvalue weighted by Crippen LogP contribution is 2.46. The lowest BCUT2D eigenvalue weighted by Gasteiger charge is -2.25. The number of hydrogen-bond acceptors (Lipinski definition) is 7. The molecule has 2 aromatic heterocycles. The number of fused-ring (bicyclic) bond motifs is 2. The van der Waals surface area contributed by atoms with Crippen molar-refractivity contribution in [1.82, 2.24) is 15.2 Å². The van der Waals surface area contributed by atoms with Crippen LogP contribution in [-0.2, 0) is 15.8 Å². The number of primary amides is 1. The first-order valence-electron chi connectivity index (χ1n) is 12.1. The number of aromatic nitrogens is 3. The van der Waals surface area contributed by atoms with Crippen LogP contribution in [0.25, 0.3) is 22.2 Å². The van der Waals surface area contributed by atoms with Crippen molar-refractivity contribution in [3.8, 4) is 22.8 Å².